The minimum Gasteiger partial charge on any atom is -0.423 e. The Morgan fingerprint density at radius 2 is 1.85 bits per heavy atom. The van der Waals surface area contributed by atoms with Crippen LogP contribution in [0.4, 0.5) is 11.6 Å². The van der Waals surface area contributed by atoms with E-state index in [0.717, 1.165) is 0 Å². The first-order chi connectivity index (χ1) is 6.04. The van der Waals surface area contributed by atoms with Crippen molar-refractivity contribution in [1.29, 1.82) is 0 Å². The molecule has 0 atom stereocenters. The number of hydrogen-bond acceptors (Lipinski definition) is 6. The number of rotatable bonds is 0. The molecule has 0 spiro atoms. The second-order valence-corrected chi connectivity index (χ2v) is 2.44. The van der Waals surface area contributed by atoms with Crippen LogP contribution in [0.1, 0.15) is 0 Å². The Morgan fingerprint density at radius 3 is 2.38 bits per heavy atom. The third kappa shape index (κ3) is 0.662. The molecule has 0 amide bonds. The van der Waals surface area contributed by atoms with E-state index in [4.69, 9.17) is 26.3 Å². The van der Waals surface area contributed by atoms with E-state index in [-0.39, 0.29) is 32.3 Å². The first-order valence-electron chi connectivity index (χ1n) is 3.23. The molecule has 0 bridgehead atoms. The highest BCUT2D eigenvalue weighted by atomic mass is 16.5. The quantitative estimate of drug-likeness (QED) is 0.391. The standard InChI is InChI=1S/C5H6N4O4/c6-1-2-4(13-3(1)7)9(12)5(10)8(2)11/h11-12H,6-7H2. The zero-order valence-electron chi connectivity index (χ0n) is 6.26. The van der Waals surface area contributed by atoms with E-state index < -0.39 is 5.69 Å². The Kier molecular flexibility index (Phi) is 1.09. The molecular weight excluding hydrogens is 180 g/mol. The fraction of sp³-hybridized carbons (Fsp3) is 0. The van der Waals surface area contributed by atoms with Crippen molar-refractivity contribution < 1.29 is 14.8 Å². The van der Waals surface area contributed by atoms with E-state index in [1.54, 1.807) is 0 Å². The Morgan fingerprint density at radius 1 is 1.23 bits per heavy atom. The summed E-state index contributed by atoms with van der Waals surface area (Å²) in [7, 11) is 0. The molecule has 0 fully saturated rings. The summed E-state index contributed by atoms with van der Waals surface area (Å²) in [5, 5.41) is 18.1. The van der Waals surface area contributed by atoms with Crippen molar-refractivity contribution >= 4 is 22.8 Å². The van der Waals surface area contributed by atoms with Gasteiger partial charge in [0.25, 0.3) is 5.71 Å². The molecule has 2 heterocycles. The van der Waals surface area contributed by atoms with Gasteiger partial charge in [0.05, 0.1) is 0 Å². The number of anilines is 2. The predicted molar refractivity (Wildman–Crippen MR) is 41.7 cm³/mol. The first-order valence-corrected chi connectivity index (χ1v) is 3.23. The number of nitrogen functional groups attached to an aromatic ring is 2. The number of aromatic nitrogens is 2. The van der Waals surface area contributed by atoms with Gasteiger partial charge < -0.3 is 26.3 Å². The van der Waals surface area contributed by atoms with Gasteiger partial charge in [0, 0.05) is 0 Å². The van der Waals surface area contributed by atoms with E-state index in [2.05, 4.69) is 0 Å². The zero-order chi connectivity index (χ0) is 9.75. The van der Waals surface area contributed by atoms with Crippen LogP contribution < -0.4 is 17.2 Å². The number of nitrogens with two attached hydrogens (primary N) is 2. The van der Waals surface area contributed by atoms with E-state index in [1.807, 2.05) is 0 Å². The second kappa shape index (κ2) is 1.91. The molecule has 0 aliphatic carbocycles. The van der Waals surface area contributed by atoms with Crippen molar-refractivity contribution in [2.24, 2.45) is 0 Å². The van der Waals surface area contributed by atoms with Crippen molar-refractivity contribution in [3.8, 4) is 0 Å². The van der Waals surface area contributed by atoms with Gasteiger partial charge >= 0.3 is 5.69 Å². The van der Waals surface area contributed by atoms with Crippen LogP contribution in [0.2, 0.25) is 0 Å². The highest BCUT2D eigenvalue weighted by Gasteiger charge is 2.21. The molecule has 70 valence electrons. The third-order valence-corrected chi connectivity index (χ3v) is 1.70. The van der Waals surface area contributed by atoms with E-state index in [9.17, 15) is 4.79 Å². The SMILES string of the molecule is Nc1oc2c(c1N)n(O)c(=O)n2O. The van der Waals surface area contributed by atoms with Crippen LogP contribution in [-0.2, 0) is 0 Å². The summed E-state index contributed by atoms with van der Waals surface area (Å²) in [6.07, 6.45) is 0. The Bertz CT molecular complexity index is 533. The van der Waals surface area contributed by atoms with E-state index in [1.165, 1.54) is 0 Å². The largest absolute Gasteiger partial charge is 0.423 e. The van der Waals surface area contributed by atoms with Gasteiger partial charge in [0.15, 0.2) is 5.52 Å². The maximum Gasteiger partial charge on any atom is 0.397 e. The normalized spacial score (nSPS) is 11.1. The van der Waals surface area contributed by atoms with Crippen LogP contribution in [0.5, 0.6) is 0 Å². The fourth-order valence-electron chi connectivity index (χ4n) is 1.06. The fourth-order valence-corrected chi connectivity index (χ4v) is 1.06. The van der Waals surface area contributed by atoms with Gasteiger partial charge in [-0.2, -0.15) is 0 Å². The van der Waals surface area contributed by atoms with Crippen molar-refractivity contribution in [3.63, 3.8) is 0 Å². The molecule has 2 aromatic rings. The van der Waals surface area contributed by atoms with Crippen LogP contribution in [0.15, 0.2) is 9.21 Å². The summed E-state index contributed by atoms with van der Waals surface area (Å²) in [6.45, 7) is 0. The molecule has 0 radical (unpaired) electrons. The molecule has 2 rings (SSSR count). The lowest BCUT2D eigenvalue weighted by molar-refractivity contribution is 0.133. The van der Waals surface area contributed by atoms with Crippen molar-refractivity contribution in [3.05, 3.63) is 10.5 Å². The molecule has 8 nitrogen and oxygen atoms in total. The molecule has 0 aromatic carbocycles. The Labute approximate surface area is 70.1 Å². The van der Waals surface area contributed by atoms with Gasteiger partial charge in [-0.25, -0.2) is 4.79 Å². The van der Waals surface area contributed by atoms with Gasteiger partial charge in [-0.15, -0.1) is 4.73 Å². The summed E-state index contributed by atoms with van der Waals surface area (Å²) in [5.74, 6) is -0.171. The predicted octanol–water partition coefficient (Wildman–Crippen LogP) is -0.965. The molecule has 0 aliphatic heterocycles. The highest BCUT2D eigenvalue weighted by Crippen LogP contribution is 2.28. The van der Waals surface area contributed by atoms with E-state index >= 15 is 0 Å². The number of nitrogens with zero attached hydrogens (tertiary/aromatic N) is 2. The number of furan rings is 1. The van der Waals surface area contributed by atoms with Gasteiger partial charge in [0.1, 0.15) is 5.69 Å². The summed E-state index contributed by atoms with van der Waals surface area (Å²) >= 11 is 0. The molecule has 0 aliphatic rings. The van der Waals surface area contributed by atoms with Crippen LogP contribution in [0, 0.1) is 0 Å². The van der Waals surface area contributed by atoms with Crippen LogP contribution >= 0.6 is 0 Å². The summed E-state index contributed by atoms with van der Waals surface area (Å²) in [6, 6.07) is 0. The monoisotopic (exact) mass is 186 g/mol. The molecule has 0 saturated heterocycles. The number of hydrogen-bond donors (Lipinski definition) is 4. The highest BCUT2D eigenvalue weighted by molar-refractivity contribution is 5.90. The van der Waals surface area contributed by atoms with Gasteiger partial charge in [-0.3, -0.25) is 0 Å². The Balaban J connectivity index is 3.10. The van der Waals surface area contributed by atoms with Crippen molar-refractivity contribution in [2.45, 2.75) is 0 Å². The number of fused-ring (bicyclic) bond motifs is 1. The lowest BCUT2D eigenvalue weighted by Gasteiger charge is -1.89. The zero-order valence-corrected chi connectivity index (χ0v) is 6.26. The van der Waals surface area contributed by atoms with Crippen molar-refractivity contribution in [2.75, 3.05) is 11.5 Å². The first kappa shape index (κ1) is 7.40. The topological polar surface area (TPSA) is 133 Å². The number of imidazole rings is 1. The molecular formula is C5H6N4O4. The van der Waals surface area contributed by atoms with Crippen LogP contribution in [0.3, 0.4) is 0 Å². The Hall–Kier alpha value is -2.25. The van der Waals surface area contributed by atoms with Gasteiger partial charge in [-0.1, -0.05) is 4.73 Å². The molecule has 2 aromatic heterocycles. The lowest BCUT2D eigenvalue weighted by Crippen LogP contribution is -2.21. The van der Waals surface area contributed by atoms with Gasteiger partial charge in [-0.05, 0) is 0 Å². The average molecular weight is 186 g/mol. The summed E-state index contributed by atoms with van der Waals surface area (Å²) < 4.78 is 4.99. The molecule has 6 N–H and O–H groups in total. The van der Waals surface area contributed by atoms with Crippen LogP contribution in [0.25, 0.3) is 11.2 Å². The minimum absolute atomic E-state index is 0.0950. The molecule has 8 heteroatoms. The molecule has 0 saturated carbocycles. The lowest BCUT2D eigenvalue weighted by atomic mass is 10.4. The third-order valence-electron chi connectivity index (χ3n) is 1.70. The van der Waals surface area contributed by atoms with Crippen LogP contribution in [-0.4, -0.2) is 19.9 Å². The van der Waals surface area contributed by atoms with Crippen molar-refractivity contribution in [1.82, 2.24) is 9.46 Å². The minimum atomic E-state index is -1.07. The summed E-state index contributed by atoms with van der Waals surface area (Å²) in [5.41, 5.74) is 9.00. The maximum atomic E-state index is 10.9. The summed E-state index contributed by atoms with van der Waals surface area (Å²) in [4.78, 5) is 10.9. The smallest absolute Gasteiger partial charge is 0.397 e. The average Bonchev–Trinajstić information content (AvgIpc) is 2.48. The molecule has 0 unspecified atom stereocenters. The van der Waals surface area contributed by atoms with E-state index in [0.29, 0.717) is 0 Å². The van der Waals surface area contributed by atoms with Gasteiger partial charge in [0.2, 0.25) is 5.88 Å². The molecule has 13 heavy (non-hydrogen) atoms. The second-order valence-electron chi connectivity index (χ2n) is 2.44. The maximum absolute atomic E-state index is 10.9.